The van der Waals surface area contributed by atoms with E-state index in [0.29, 0.717) is 17.5 Å². The monoisotopic (exact) mass is 765 g/mol. The maximum atomic E-state index is 5.25. The first-order chi connectivity index (χ1) is 28.2. The highest BCUT2D eigenvalue weighted by atomic mass is 32.1. The quantitative estimate of drug-likeness (QED) is 0.155. The van der Waals surface area contributed by atoms with E-state index in [1.807, 2.05) is 23.5 Å². The summed E-state index contributed by atoms with van der Waals surface area (Å²) in [6.07, 6.45) is 6.25. The van der Waals surface area contributed by atoms with E-state index in [-0.39, 0.29) is 0 Å². The Kier molecular flexibility index (Phi) is 8.94. The zero-order valence-corrected chi connectivity index (χ0v) is 32.8. The molecule has 10 aromatic rings. The fraction of sp³-hybridized carbons (Fsp3) is 0.0192. The summed E-state index contributed by atoms with van der Waals surface area (Å²) in [5.74, 6) is 1.93. The fourth-order valence-corrected chi connectivity index (χ4v) is 10.2. The summed E-state index contributed by atoms with van der Waals surface area (Å²) < 4.78 is 3.68. The molecule has 0 aliphatic rings. The van der Waals surface area contributed by atoms with Crippen LogP contribution >= 0.6 is 22.7 Å². The molecule has 0 atom stereocenters. The average Bonchev–Trinajstić information content (AvgIpc) is 3.85. The van der Waals surface area contributed by atoms with Crippen molar-refractivity contribution < 1.29 is 0 Å². The summed E-state index contributed by atoms with van der Waals surface area (Å²) in [6.45, 7) is 6.22. The Morgan fingerprint density at radius 3 is 1.86 bits per heavy atom. The summed E-state index contributed by atoms with van der Waals surface area (Å²) in [4.78, 5) is 16.9. The van der Waals surface area contributed by atoms with E-state index in [4.69, 9.17) is 15.0 Å². The van der Waals surface area contributed by atoms with Gasteiger partial charge < -0.3 is 0 Å². The van der Waals surface area contributed by atoms with Gasteiger partial charge in [-0.15, -0.1) is 22.7 Å². The maximum Gasteiger partial charge on any atom is 0.165 e. The lowest BCUT2D eigenvalue weighted by Gasteiger charge is -2.13. The predicted octanol–water partition coefficient (Wildman–Crippen LogP) is 15.1. The Balaban J connectivity index is 1.10. The lowest BCUT2D eigenvalue weighted by atomic mass is 9.95. The second kappa shape index (κ2) is 14.7. The molecule has 0 unspecified atom stereocenters. The molecule has 3 nitrogen and oxygen atoms in total. The molecule has 7 aromatic carbocycles. The number of hydrogen-bond donors (Lipinski definition) is 0. The third-order valence-corrected chi connectivity index (χ3v) is 12.8. The van der Waals surface area contributed by atoms with Crippen molar-refractivity contribution in [2.45, 2.75) is 6.92 Å². The van der Waals surface area contributed by atoms with E-state index in [0.717, 1.165) is 38.9 Å². The first-order valence-corrected chi connectivity index (χ1v) is 20.6. The number of fused-ring (bicyclic) bond motifs is 4. The van der Waals surface area contributed by atoms with Gasteiger partial charge in [-0.05, 0) is 70.6 Å². The summed E-state index contributed by atoms with van der Waals surface area (Å²) >= 11 is 3.59. The Morgan fingerprint density at radius 2 is 1.04 bits per heavy atom. The number of aromatic nitrogens is 3. The molecule has 57 heavy (non-hydrogen) atoms. The molecule has 0 spiro atoms. The highest BCUT2D eigenvalue weighted by Gasteiger charge is 2.19. The lowest BCUT2D eigenvalue weighted by Crippen LogP contribution is -2.01. The zero-order valence-electron chi connectivity index (χ0n) is 31.2. The van der Waals surface area contributed by atoms with Gasteiger partial charge in [0.2, 0.25) is 0 Å². The average molecular weight is 766 g/mol. The van der Waals surface area contributed by atoms with Gasteiger partial charge in [0, 0.05) is 57.4 Å². The normalized spacial score (nSPS) is 11.6. The van der Waals surface area contributed by atoms with Crippen molar-refractivity contribution in [3.63, 3.8) is 0 Å². The highest BCUT2D eigenvalue weighted by Crippen LogP contribution is 2.42. The van der Waals surface area contributed by atoms with Crippen LogP contribution in [0.5, 0.6) is 0 Å². The van der Waals surface area contributed by atoms with Crippen molar-refractivity contribution >= 4 is 65.1 Å². The SMILES string of the molecule is C=Cc1c(/C=C\C)sc2cccc(-c3ccc(-c4cccc(-c5nc(-c6ccccc6-c6ccccc6)nc(-c6cccc7c6sc6ccccc67)n5)c4)cc3)c12. The highest BCUT2D eigenvalue weighted by molar-refractivity contribution is 7.26. The third-order valence-electron chi connectivity index (χ3n) is 10.5. The van der Waals surface area contributed by atoms with Gasteiger partial charge >= 0.3 is 0 Å². The van der Waals surface area contributed by atoms with Crippen molar-refractivity contribution in [2.24, 2.45) is 0 Å². The van der Waals surface area contributed by atoms with Crippen LogP contribution in [0, 0.1) is 0 Å². The minimum Gasteiger partial charge on any atom is -0.208 e. The van der Waals surface area contributed by atoms with Gasteiger partial charge in [-0.2, -0.15) is 0 Å². The van der Waals surface area contributed by atoms with Crippen molar-refractivity contribution in [1.29, 1.82) is 0 Å². The van der Waals surface area contributed by atoms with Gasteiger partial charge in [-0.3, -0.25) is 0 Å². The van der Waals surface area contributed by atoms with E-state index in [1.165, 1.54) is 51.8 Å². The Bertz CT molecular complexity index is 3150. The van der Waals surface area contributed by atoms with Gasteiger partial charge in [0.25, 0.3) is 0 Å². The topological polar surface area (TPSA) is 38.7 Å². The molecule has 0 bridgehead atoms. The van der Waals surface area contributed by atoms with Crippen LogP contribution in [0.3, 0.4) is 0 Å². The largest absolute Gasteiger partial charge is 0.208 e. The van der Waals surface area contributed by atoms with Crippen LogP contribution in [-0.4, -0.2) is 15.0 Å². The fourth-order valence-electron chi connectivity index (χ4n) is 7.81. The number of hydrogen-bond acceptors (Lipinski definition) is 5. The maximum absolute atomic E-state index is 5.25. The van der Waals surface area contributed by atoms with Gasteiger partial charge in [0.05, 0.1) is 0 Å². The first kappa shape index (κ1) is 34.7. The molecule has 0 aliphatic carbocycles. The van der Waals surface area contributed by atoms with Crippen LogP contribution in [0.25, 0.3) is 110 Å². The molecule has 0 amide bonds. The van der Waals surface area contributed by atoms with E-state index in [9.17, 15) is 0 Å². The van der Waals surface area contributed by atoms with Crippen molar-refractivity contribution in [1.82, 2.24) is 15.0 Å². The van der Waals surface area contributed by atoms with E-state index in [1.54, 1.807) is 11.3 Å². The minimum absolute atomic E-state index is 0.632. The second-order valence-electron chi connectivity index (χ2n) is 13.9. The number of allylic oxidation sites excluding steroid dienone is 1. The van der Waals surface area contributed by atoms with Crippen LogP contribution in [-0.2, 0) is 0 Å². The summed E-state index contributed by atoms with van der Waals surface area (Å²) in [5.41, 5.74) is 10.9. The first-order valence-electron chi connectivity index (χ1n) is 19.0. The molecule has 0 saturated heterocycles. The van der Waals surface area contributed by atoms with Crippen LogP contribution in [0.15, 0.2) is 176 Å². The van der Waals surface area contributed by atoms with Crippen LogP contribution in [0.2, 0.25) is 0 Å². The predicted molar refractivity (Wildman–Crippen MR) is 246 cm³/mol. The van der Waals surface area contributed by atoms with Gasteiger partial charge in [-0.25, -0.2) is 15.0 Å². The Hall–Kier alpha value is -6.79. The molecule has 3 aromatic heterocycles. The summed E-state index contributed by atoms with van der Waals surface area (Å²) in [7, 11) is 0. The van der Waals surface area contributed by atoms with Gasteiger partial charge in [0.1, 0.15) is 0 Å². The van der Waals surface area contributed by atoms with Gasteiger partial charge in [-0.1, -0.05) is 158 Å². The molecule has 0 N–H and O–H groups in total. The van der Waals surface area contributed by atoms with E-state index >= 15 is 0 Å². The smallest absolute Gasteiger partial charge is 0.165 e. The molecule has 0 saturated carbocycles. The van der Waals surface area contributed by atoms with Crippen LogP contribution in [0.1, 0.15) is 17.4 Å². The molecule has 0 radical (unpaired) electrons. The molecule has 0 aliphatic heterocycles. The number of thiophene rings is 2. The molecular formula is C52H35N3S2. The van der Waals surface area contributed by atoms with Crippen molar-refractivity contribution in [3.8, 4) is 67.5 Å². The number of benzene rings is 7. The lowest BCUT2D eigenvalue weighted by molar-refractivity contribution is 1.08. The summed E-state index contributed by atoms with van der Waals surface area (Å²) in [6, 6.07) is 57.8. The Labute approximate surface area is 339 Å². The van der Waals surface area contributed by atoms with Crippen molar-refractivity contribution in [3.05, 3.63) is 187 Å². The second-order valence-corrected chi connectivity index (χ2v) is 16.1. The van der Waals surface area contributed by atoms with Crippen LogP contribution < -0.4 is 0 Å². The minimum atomic E-state index is 0.632. The molecule has 10 rings (SSSR count). The van der Waals surface area contributed by atoms with Crippen molar-refractivity contribution in [2.75, 3.05) is 0 Å². The standard InChI is InChI=1S/C52H35N3S2/c1-3-15-45-38(4-2)48-40(23-14-27-47(48)56-45)35-30-28-33(29-31-35)36-18-12-19-37(32-36)50-53-51(43-22-9-8-20-39(43)34-16-6-5-7-17-34)55-52(54-50)44-25-13-24-42-41-21-10-11-26-46(41)57-49(42)44/h3-32H,2H2,1H3/b15-3-. The number of nitrogens with zero attached hydrogens (tertiary/aromatic N) is 3. The van der Waals surface area contributed by atoms with E-state index < -0.39 is 0 Å². The summed E-state index contributed by atoms with van der Waals surface area (Å²) in [5, 5.41) is 3.71. The third kappa shape index (κ3) is 6.27. The van der Waals surface area contributed by atoms with Gasteiger partial charge in [0.15, 0.2) is 17.5 Å². The molecular weight excluding hydrogens is 731 g/mol. The molecule has 3 heterocycles. The number of rotatable bonds is 8. The molecule has 5 heteroatoms. The molecule has 270 valence electrons. The Morgan fingerprint density at radius 1 is 0.456 bits per heavy atom. The molecule has 0 fully saturated rings. The zero-order chi connectivity index (χ0) is 38.3. The van der Waals surface area contributed by atoms with E-state index in [2.05, 4.69) is 183 Å². The van der Waals surface area contributed by atoms with Crippen LogP contribution in [0.4, 0.5) is 0 Å².